The first kappa shape index (κ1) is 10.4. The second-order valence-electron chi connectivity index (χ2n) is 3.68. The van der Waals surface area contributed by atoms with E-state index in [-0.39, 0.29) is 23.3 Å². The van der Waals surface area contributed by atoms with Crippen molar-refractivity contribution in [2.75, 3.05) is 18.1 Å². The van der Waals surface area contributed by atoms with Crippen LogP contribution >= 0.6 is 0 Å². The summed E-state index contributed by atoms with van der Waals surface area (Å²) in [6.45, 7) is 0.446. The Morgan fingerprint density at radius 2 is 2.07 bits per heavy atom. The second-order valence-corrected chi connectivity index (χ2v) is 5.91. The monoisotopic (exact) mass is 227 g/mol. The maximum Gasteiger partial charge on any atom is 0.153 e. The summed E-state index contributed by atoms with van der Waals surface area (Å²) in [5.41, 5.74) is 0.653. The molecule has 2 N–H and O–H groups in total. The quantitative estimate of drug-likeness (QED) is 0.731. The molecule has 1 heterocycles. The molecule has 0 spiro atoms. The molecule has 0 radical (unpaired) electrons. The summed E-state index contributed by atoms with van der Waals surface area (Å²) in [5.74, 6) is 0.383. The van der Waals surface area contributed by atoms with Crippen molar-refractivity contribution in [3.8, 4) is 5.75 Å². The van der Waals surface area contributed by atoms with Crippen LogP contribution in [-0.4, -0.2) is 31.6 Å². The number of rotatable bonds is 1. The van der Waals surface area contributed by atoms with E-state index in [1.807, 2.05) is 0 Å². The first-order valence-corrected chi connectivity index (χ1v) is 6.62. The Hall–Kier alpha value is -1.07. The number of benzene rings is 1. The smallest absolute Gasteiger partial charge is 0.153 e. The Morgan fingerprint density at radius 1 is 1.33 bits per heavy atom. The Morgan fingerprint density at radius 3 is 2.73 bits per heavy atom. The topological polar surface area (TPSA) is 66.4 Å². The summed E-state index contributed by atoms with van der Waals surface area (Å²) in [6, 6.07) is 6.53. The van der Waals surface area contributed by atoms with Gasteiger partial charge in [-0.2, -0.15) is 0 Å². The van der Waals surface area contributed by atoms with Crippen molar-refractivity contribution in [2.24, 2.45) is 0 Å². The van der Waals surface area contributed by atoms with Crippen LogP contribution in [0.5, 0.6) is 5.75 Å². The fourth-order valence-corrected chi connectivity index (χ4v) is 3.17. The second kappa shape index (κ2) is 3.83. The van der Waals surface area contributed by atoms with E-state index in [9.17, 15) is 13.5 Å². The number of para-hydroxylation sites is 1. The highest BCUT2D eigenvalue weighted by molar-refractivity contribution is 7.91. The standard InChI is InChI=1S/C10H13NO3S/c12-10-4-2-1-3-8(10)9-7-15(13,14)6-5-11-9/h1-4,9,11-12H,5-7H2. The number of aromatic hydroxyl groups is 1. The summed E-state index contributed by atoms with van der Waals surface area (Å²) < 4.78 is 22.8. The van der Waals surface area contributed by atoms with E-state index in [0.717, 1.165) is 0 Å². The maximum absolute atomic E-state index is 11.4. The van der Waals surface area contributed by atoms with Crippen molar-refractivity contribution in [3.63, 3.8) is 0 Å². The van der Waals surface area contributed by atoms with Crippen molar-refractivity contribution in [1.29, 1.82) is 0 Å². The predicted octanol–water partition coefficient (Wildman–Crippen LogP) is 0.451. The average Bonchev–Trinajstić information content (AvgIpc) is 2.17. The minimum absolute atomic E-state index is 0.0601. The molecule has 82 valence electrons. The molecule has 1 aromatic carbocycles. The SMILES string of the molecule is O=S1(=O)CCNC(c2ccccc2O)C1. The molecule has 1 unspecified atom stereocenters. The van der Waals surface area contributed by atoms with E-state index in [1.165, 1.54) is 0 Å². The van der Waals surface area contributed by atoms with Crippen molar-refractivity contribution in [1.82, 2.24) is 5.32 Å². The lowest BCUT2D eigenvalue weighted by Gasteiger charge is -2.24. The fraction of sp³-hybridized carbons (Fsp3) is 0.400. The van der Waals surface area contributed by atoms with Gasteiger partial charge in [0.15, 0.2) is 9.84 Å². The Kier molecular flexibility index (Phi) is 2.67. The van der Waals surface area contributed by atoms with E-state index in [4.69, 9.17) is 0 Å². The molecule has 0 amide bonds. The van der Waals surface area contributed by atoms with Gasteiger partial charge in [-0.05, 0) is 6.07 Å². The predicted molar refractivity (Wildman–Crippen MR) is 57.5 cm³/mol. The number of sulfone groups is 1. The van der Waals surface area contributed by atoms with E-state index < -0.39 is 9.84 Å². The summed E-state index contributed by atoms with van der Waals surface area (Å²) in [5, 5.41) is 12.7. The van der Waals surface area contributed by atoms with Crippen LogP contribution in [0.3, 0.4) is 0 Å². The van der Waals surface area contributed by atoms with Gasteiger partial charge in [-0.1, -0.05) is 18.2 Å². The first-order chi connectivity index (χ1) is 7.08. The third kappa shape index (κ3) is 2.30. The molecule has 2 rings (SSSR count). The van der Waals surface area contributed by atoms with Gasteiger partial charge in [0.1, 0.15) is 5.75 Å². The molecule has 1 aliphatic heterocycles. The van der Waals surface area contributed by atoms with Gasteiger partial charge in [0.05, 0.1) is 11.5 Å². The Labute approximate surface area is 88.9 Å². The molecule has 0 aliphatic carbocycles. The largest absolute Gasteiger partial charge is 0.508 e. The zero-order valence-electron chi connectivity index (χ0n) is 8.18. The molecule has 1 atom stereocenters. The molecule has 5 heteroatoms. The lowest BCUT2D eigenvalue weighted by Crippen LogP contribution is -2.39. The van der Waals surface area contributed by atoms with E-state index in [0.29, 0.717) is 12.1 Å². The van der Waals surface area contributed by atoms with Crippen LogP contribution in [0.25, 0.3) is 0 Å². The van der Waals surface area contributed by atoms with Crippen molar-refractivity contribution in [3.05, 3.63) is 29.8 Å². The number of hydrogen-bond donors (Lipinski definition) is 2. The summed E-state index contributed by atoms with van der Waals surface area (Å²) in [4.78, 5) is 0. The van der Waals surface area contributed by atoms with Crippen molar-refractivity contribution < 1.29 is 13.5 Å². The summed E-state index contributed by atoms with van der Waals surface area (Å²) in [6.07, 6.45) is 0. The van der Waals surface area contributed by atoms with Crippen LogP contribution in [0.4, 0.5) is 0 Å². The van der Waals surface area contributed by atoms with Crippen LogP contribution in [0, 0.1) is 0 Å². The Bertz CT molecular complexity index is 455. The number of nitrogens with one attached hydrogen (secondary N) is 1. The van der Waals surface area contributed by atoms with E-state index >= 15 is 0 Å². The molecule has 4 nitrogen and oxygen atoms in total. The average molecular weight is 227 g/mol. The van der Waals surface area contributed by atoms with E-state index in [1.54, 1.807) is 24.3 Å². The fourth-order valence-electron chi connectivity index (χ4n) is 1.77. The van der Waals surface area contributed by atoms with Crippen LogP contribution in [-0.2, 0) is 9.84 Å². The van der Waals surface area contributed by atoms with Gasteiger partial charge in [-0.25, -0.2) is 8.42 Å². The molecule has 0 saturated carbocycles. The van der Waals surface area contributed by atoms with Crippen LogP contribution < -0.4 is 5.32 Å². The highest BCUT2D eigenvalue weighted by Crippen LogP contribution is 2.26. The summed E-state index contributed by atoms with van der Waals surface area (Å²) >= 11 is 0. The van der Waals surface area contributed by atoms with Crippen LogP contribution in [0.1, 0.15) is 11.6 Å². The molecule has 15 heavy (non-hydrogen) atoms. The molecule has 0 aromatic heterocycles. The highest BCUT2D eigenvalue weighted by Gasteiger charge is 2.26. The molecule has 0 bridgehead atoms. The molecular formula is C10H13NO3S. The normalized spacial score (nSPS) is 24.9. The third-order valence-electron chi connectivity index (χ3n) is 2.54. The maximum atomic E-state index is 11.4. The number of phenols is 1. The minimum atomic E-state index is -2.97. The third-order valence-corrected chi connectivity index (χ3v) is 4.20. The van der Waals surface area contributed by atoms with Gasteiger partial charge in [-0.3, -0.25) is 0 Å². The molecule has 1 saturated heterocycles. The van der Waals surface area contributed by atoms with Gasteiger partial charge in [0, 0.05) is 18.2 Å². The van der Waals surface area contributed by atoms with Crippen LogP contribution in [0.2, 0.25) is 0 Å². The van der Waals surface area contributed by atoms with Gasteiger partial charge in [-0.15, -0.1) is 0 Å². The van der Waals surface area contributed by atoms with Crippen molar-refractivity contribution >= 4 is 9.84 Å². The van der Waals surface area contributed by atoms with Crippen LogP contribution in [0.15, 0.2) is 24.3 Å². The summed E-state index contributed by atoms with van der Waals surface area (Å²) in [7, 11) is -2.97. The van der Waals surface area contributed by atoms with Gasteiger partial charge < -0.3 is 10.4 Å². The molecule has 1 aliphatic rings. The minimum Gasteiger partial charge on any atom is -0.508 e. The van der Waals surface area contributed by atoms with Gasteiger partial charge in [0.25, 0.3) is 0 Å². The Balaban J connectivity index is 2.29. The highest BCUT2D eigenvalue weighted by atomic mass is 32.2. The molecular weight excluding hydrogens is 214 g/mol. The number of phenolic OH excluding ortho intramolecular Hbond substituents is 1. The van der Waals surface area contributed by atoms with Gasteiger partial charge >= 0.3 is 0 Å². The zero-order chi connectivity index (χ0) is 10.9. The zero-order valence-corrected chi connectivity index (χ0v) is 9.00. The molecule has 1 fully saturated rings. The number of hydrogen-bond acceptors (Lipinski definition) is 4. The van der Waals surface area contributed by atoms with Gasteiger partial charge in [0.2, 0.25) is 0 Å². The molecule has 1 aromatic rings. The first-order valence-electron chi connectivity index (χ1n) is 4.80. The van der Waals surface area contributed by atoms with E-state index in [2.05, 4.69) is 5.32 Å². The lowest BCUT2D eigenvalue weighted by molar-refractivity contribution is 0.451. The van der Waals surface area contributed by atoms with Crippen molar-refractivity contribution in [2.45, 2.75) is 6.04 Å². The lowest BCUT2D eigenvalue weighted by atomic mass is 10.1.